The van der Waals surface area contributed by atoms with Crippen molar-refractivity contribution in [3.05, 3.63) is 102 Å². The lowest BCUT2D eigenvalue weighted by Gasteiger charge is -2.30. The van der Waals surface area contributed by atoms with Crippen LogP contribution in [0.5, 0.6) is 5.75 Å². The molecule has 4 amide bonds. The smallest absolute Gasteiger partial charge is 0.407 e. The number of aromatic nitrogens is 2. The third-order valence-corrected chi connectivity index (χ3v) is 12.5. The second-order valence-corrected chi connectivity index (χ2v) is 16.5. The Balaban J connectivity index is 0.928. The van der Waals surface area contributed by atoms with Gasteiger partial charge < -0.3 is 39.6 Å². The predicted octanol–water partition coefficient (Wildman–Crippen LogP) is 7.55. The summed E-state index contributed by atoms with van der Waals surface area (Å²) in [4.78, 5) is 69.2. The molecule has 5 heterocycles. The van der Waals surface area contributed by atoms with Gasteiger partial charge in [0.1, 0.15) is 30.3 Å². The first-order chi connectivity index (χ1) is 29.6. The highest BCUT2D eigenvalue weighted by molar-refractivity contribution is 6.06. The van der Waals surface area contributed by atoms with Gasteiger partial charge in [0, 0.05) is 30.8 Å². The summed E-state index contributed by atoms with van der Waals surface area (Å²) in [7, 11) is 2.58. The lowest BCUT2D eigenvalue weighted by molar-refractivity contribution is -0.135. The number of ether oxygens (including phenoxy) is 3. The highest BCUT2D eigenvalue weighted by Gasteiger charge is 2.40. The summed E-state index contributed by atoms with van der Waals surface area (Å²) in [6, 6.07) is 22.1. The van der Waals surface area contributed by atoms with E-state index < -0.39 is 24.3 Å². The molecule has 2 fully saturated rings. The molecule has 4 aliphatic heterocycles. The Bertz CT molecular complexity index is 2570. The molecule has 2 saturated heterocycles. The number of hydrogen-bond donors (Lipinski definition) is 3. The highest BCUT2D eigenvalue weighted by Crippen LogP contribution is 2.45. The van der Waals surface area contributed by atoms with E-state index in [9.17, 15) is 19.2 Å². The first-order valence-corrected chi connectivity index (χ1v) is 20.9. The molecule has 61 heavy (non-hydrogen) atoms. The summed E-state index contributed by atoms with van der Waals surface area (Å²) in [5, 5.41) is 7.61. The lowest BCUT2D eigenvalue weighted by Crippen LogP contribution is -2.51. The number of nitrogens with one attached hydrogen (secondary N) is 3. The molecule has 0 radical (unpaired) electrons. The SMILES string of the molecule is COC(=O)N[C@H](C(=O)N1CCC[C@H]1c1ncc(-c2ccc3c(c2)COc2cc4c5c(ccc4cc2-3)N=C([C@@H]2CCCN2C(=O)[C@H](NC(=O)OC)c2ccccc2)C5)[nH]1)C(C)C. The van der Waals surface area contributed by atoms with Gasteiger partial charge in [-0.2, -0.15) is 0 Å². The van der Waals surface area contributed by atoms with Crippen LogP contribution < -0.4 is 15.4 Å². The average molecular weight is 824 g/mol. The van der Waals surface area contributed by atoms with Crippen molar-refractivity contribution in [1.29, 1.82) is 0 Å². The fourth-order valence-corrected chi connectivity index (χ4v) is 9.39. The fourth-order valence-electron chi connectivity index (χ4n) is 9.39. The maximum atomic E-state index is 14.1. The van der Waals surface area contributed by atoms with Crippen molar-refractivity contribution < 1.29 is 33.4 Å². The number of carbonyl (C=O) groups is 4. The number of likely N-dealkylation sites (tertiary alicyclic amines) is 2. The van der Waals surface area contributed by atoms with Crippen LogP contribution in [-0.4, -0.2) is 88.9 Å². The summed E-state index contributed by atoms with van der Waals surface area (Å²) in [6.45, 7) is 5.36. The summed E-state index contributed by atoms with van der Waals surface area (Å²) in [5.74, 6) is 1.08. The van der Waals surface area contributed by atoms with Gasteiger partial charge in [0.25, 0.3) is 0 Å². The Morgan fingerprint density at radius 2 is 1.57 bits per heavy atom. The van der Waals surface area contributed by atoms with E-state index in [1.807, 2.05) is 60.2 Å². The van der Waals surface area contributed by atoms with Crippen LogP contribution in [0.25, 0.3) is 33.2 Å². The van der Waals surface area contributed by atoms with Crippen LogP contribution in [0.2, 0.25) is 0 Å². The van der Waals surface area contributed by atoms with Crippen LogP contribution in [-0.2, 0) is 32.1 Å². The predicted molar refractivity (Wildman–Crippen MR) is 229 cm³/mol. The number of alkyl carbamates (subject to hydrolysis) is 2. The molecular weight excluding hydrogens is 775 g/mol. The van der Waals surface area contributed by atoms with Crippen molar-refractivity contribution in [2.24, 2.45) is 10.9 Å². The van der Waals surface area contributed by atoms with Gasteiger partial charge in [-0.05, 0) is 94.5 Å². The number of amides is 4. The molecule has 0 bridgehead atoms. The molecule has 0 spiro atoms. The van der Waals surface area contributed by atoms with Crippen molar-refractivity contribution in [2.75, 3.05) is 27.3 Å². The number of aromatic amines is 1. The summed E-state index contributed by atoms with van der Waals surface area (Å²) in [5.41, 5.74) is 8.63. The third kappa shape index (κ3) is 7.44. The van der Waals surface area contributed by atoms with Crippen LogP contribution in [0.15, 0.2) is 84.0 Å². The third-order valence-electron chi connectivity index (χ3n) is 12.5. The van der Waals surface area contributed by atoms with Gasteiger partial charge in [-0.25, -0.2) is 14.6 Å². The van der Waals surface area contributed by atoms with Gasteiger partial charge in [0.05, 0.1) is 43.9 Å². The van der Waals surface area contributed by atoms with Crippen molar-refractivity contribution in [3.8, 4) is 28.1 Å². The number of rotatable bonds is 9. The number of carbonyl (C=O) groups excluding carboxylic acids is 4. The van der Waals surface area contributed by atoms with E-state index in [4.69, 9.17) is 24.2 Å². The van der Waals surface area contributed by atoms with Crippen molar-refractivity contribution in [1.82, 2.24) is 30.4 Å². The van der Waals surface area contributed by atoms with Gasteiger partial charge >= 0.3 is 12.2 Å². The van der Waals surface area contributed by atoms with Gasteiger partial charge in [0.15, 0.2) is 0 Å². The van der Waals surface area contributed by atoms with Gasteiger partial charge in [-0.15, -0.1) is 0 Å². The van der Waals surface area contributed by atoms with E-state index in [0.29, 0.717) is 37.5 Å². The lowest BCUT2D eigenvalue weighted by atomic mass is 9.90. The van der Waals surface area contributed by atoms with Gasteiger partial charge in [-0.3, -0.25) is 14.6 Å². The molecular formula is C47H49N7O7. The molecule has 0 unspecified atom stereocenters. The van der Waals surface area contributed by atoms with Crippen LogP contribution in [0.4, 0.5) is 15.3 Å². The number of nitrogens with zero attached hydrogens (tertiary/aromatic N) is 4. The first kappa shape index (κ1) is 39.7. The van der Waals surface area contributed by atoms with Crippen molar-refractivity contribution in [3.63, 3.8) is 0 Å². The number of imidazole rings is 1. The van der Waals surface area contributed by atoms with Crippen LogP contribution in [0.1, 0.15) is 74.1 Å². The molecule has 4 aliphatic rings. The quantitative estimate of drug-likeness (QED) is 0.137. The van der Waals surface area contributed by atoms with Gasteiger partial charge in [-0.1, -0.05) is 62.4 Å². The number of H-pyrrole nitrogens is 1. The summed E-state index contributed by atoms with van der Waals surface area (Å²) in [6.07, 6.45) is 4.38. The molecule has 4 aromatic carbocycles. The molecule has 1 aromatic heterocycles. The maximum Gasteiger partial charge on any atom is 0.407 e. The second-order valence-electron chi connectivity index (χ2n) is 16.5. The van der Waals surface area contributed by atoms with Crippen LogP contribution >= 0.6 is 0 Å². The Morgan fingerprint density at radius 1 is 0.836 bits per heavy atom. The average Bonchev–Trinajstić information content (AvgIpc) is 4.13. The van der Waals surface area contributed by atoms with Crippen molar-refractivity contribution >= 4 is 46.2 Å². The standard InChI is InChI=1S/C47H49N7O7/c1-26(2)41(51-46(57)59-3)44(55)54-19-9-13-39(54)43-48-24-37(50-43)29-14-16-31-30(20-29)25-61-40-23-32-28(21-34(31)40)15-17-35-33(32)22-36(49-35)38-12-8-18-53(38)45(56)42(52-47(58)60-4)27-10-6-5-7-11-27/h5-7,10-11,14-17,20-21,23-24,26,38-39,41-42H,8-9,12-13,18-19,22,25H2,1-4H3,(H,48,50)(H,51,57)(H,52,58)/t38-,39-,41-,42+/m0/s1. The Kier molecular flexibility index (Phi) is 10.7. The number of hydrogen-bond acceptors (Lipinski definition) is 9. The largest absolute Gasteiger partial charge is 0.488 e. The fraction of sp³-hybridized carbons (Fsp3) is 0.362. The molecule has 314 valence electrons. The van der Waals surface area contributed by atoms with E-state index >= 15 is 0 Å². The maximum absolute atomic E-state index is 14.1. The van der Waals surface area contributed by atoms with E-state index in [1.54, 1.807) is 0 Å². The zero-order valence-electron chi connectivity index (χ0n) is 34.7. The minimum absolute atomic E-state index is 0.116. The molecule has 0 aliphatic carbocycles. The zero-order valence-corrected chi connectivity index (χ0v) is 34.7. The van der Waals surface area contributed by atoms with E-state index in [2.05, 4.69) is 58.1 Å². The minimum Gasteiger partial charge on any atom is -0.488 e. The zero-order chi connectivity index (χ0) is 42.4. The van der Waals surface area contributed by atoms with Gasteiger partial charge in [0.2, 0.25) is 11.8 Å². The first-order valence-electron chi connectivity index (χ1n) is 20.9. The van der Waals surface area contributed by atoms with Crippen LogP contribution in [0.3, 0.4) is 0 Å². The molecule has 0 saturated carbocycles. The van der Waals surface area contributed by atoms with Crippen molar-refractivity contribution in [2.45, 2.75) is 76.7 Å². The number of methoxy groups -OCH3 is 2. The normalized spacial score (nSPS) is 18.7. The summed E-state index contributed by atoms with van der Waals surface area (Å²) < 4.78 is 16.1. The molecule has 4 atom stereocenters. The Hall–Kier alpha value is -6.70. The molecule has 14 nitrogen and oxygen atoms in total. The number of aliphatic imine (C=N–C) groups is 1. The molecule has 5 aromatic rings. The van der Waals surface area contributed by atoms with E-state index in [1.165, 1.54) is 14.2 Å². The Labute approximate surface area is 353 Å². The van der Waals surface area contributed by atoms with E-state index in [-0.39, 0.29) is 29.8 Å². The number of fused-ring (bicyclic) bond motifs is 6. The molecule has 9 rings (SSSR count). The molecule has 3 N–H and O–H groups in total. The number of benzene rings is 4. The monoisotopic (exact) mass is 823 g/mol. The minimum atomic E-state index is -0.874. The van der Waals surface area contributed by atoms with Crippen LogP contribution in [0, 0.1) is 5.92 Å². The second kappa shape index (κ2) is 16.4. The highest BCUT2D eigenvalue weighted by atomic mass is 16.5. The van der Waals surface area contributed by atoms with E-state index in [0.717, 1.165) is 87.1 Å². The summed E-state index contributed by atoms with van der Waals surface area (Å²) >= 11 is 0. The Morgan fingerprint density at radius 3 is 2.33 bits per heavy atom. The topological polar surface area (TPSA) is 168 Å². The molecule has 14 heteroatoms.